The van der Waals surface area contributed by atoms with Gasteiger partial charge in [-0.25, -0.2) is 4.98 Å². The second-order valence-electron chi connectivity index (χ2n) is 5.39. The van der Waals surface area contributed by atoms with E-state index in [1.165, 1.54) is 0 Å². The van der Waals surface area contributed by atoms with Crippen molar-refractivity contribution in [2.75, 3.05) is 5.73 Å². The van der Waals surface area contributed by atoms with E-state index in [4.69, 9.17) is 5.73 Å². The average Bonchev–Trinajstić information content (AvgIpc) is 2.84. The van der Waals surface area contributed by atoms with Crippen LogP contribution in [-0.4, -0.2) is 14.5 Å². The summed E-state index contributed by atoms with van der Waals surface area (Å²) in [6, 6.07) is 1.91. The summed E-state index contributed by atoms with van der Waals surface area (Å²) < 4.78 is 3.49. The number of halogens is 1. The fourth-order valence-electron chi connectivity index (χ4n) is 2.55. The Morgan fingerprint density at radius 1 is 1.27 bits per heavy atom. The van der Waals surface area contributed by atoms with Gasteiger partial charge in [0.05, 0.1) is 5.39 Å². The number of pyridine rings is 1. The van der Waals surface area contributed by atoms with Crippen molar-refractivity contribution in [2.45, 2.75) is 27.3 Å². The normalized spacial score (nSPS) is 11.3. The van der Waals surface area contributed by atoms with Crippen molar-refractivity contribution in [1.82, 2.24) is 14.5 Å². The van der Waals surface area contributed by atoms with Crippen LogP contribution in [0.4, 0.5) is 5.95 Å². The Hall–Kier alpha value is -2.15. The molecule has 0 saturated carbocycles. The highest BCUT2D eigenvalue weighted by atomic mass is 79.9. The Bertz CT molecular complexity index is 888. The van der Waals surface area contributed by atoms with E-state index in [9.17, 15) is 5.21 Å². The molecule has 0 unspecified atom stereocenters. The fraction of sp³-hybridized carbons (Fsp3) is 0.267. The van der Waals surface area contributed by atoms with Crippen LogP contribution in [0, 0.1) is 26.0 Å². The lowest BCUT2D eigenvalue weighted by molar-refractivity contribution is -0.615. The minimum atomic E-state index is 0.200. The molecule has 0 aliphatic heterocycles. The molecule has 0 amide bonds. The van der Waals surface area contributed by atoms with Crippen LogP contribution in [0.2, 0.25) is 0 Å². The minimum Gasteiger partial charge on any atom is -0.618 e. The van der Waals surface area contributed by atoms with Gasteiger partial charge in [-0.15, -0.1) is 0 Å². The molecule has 3 aromatic heterocycles. The molecule has 2 N–H and O–H groups in total. The van der Waals surface area contributed by atoms with E-state index in [0.29, 0.717) is 22.5 Å². The monoisotopic (exact) mass is 361 g/mol. The van der Waals surface area contributed by atoms with Crippen LogP contribution in [-0.2, 0) is 6.54 Å². The summed E-state index contributed by atoms with van der Waals surface area (Å²) in [7, 11) is 0. The van der Waals surface area contributed by atoms with Crippen molar-refractivity contribution in [3.05, 3.63) is 50.7 Å². The molecule has 3 heterocycles. The molecule has 0 spiro atoms. The number of hydrogen-bond acceptors (Lipinski definition) is 4. The molecule has 0 aliphatic carbocycles. The van der Waals surface area contributed by atoms with Gasteiger partial charge in [0, 0.05) is 17.3 Å². The molecule has 6 nitrogen and oxygen atoms in total. The predicted molar refractivity (Wildman–Crippen MR) is 88.4 cm³/mol. The zero-order chi connectivity index (χ0) is 16.0. The van der Waals surface area contributed by atoms with Crippen molar-refractivity contribution >= 4 is 32.9 Å². The predicted octanol–water partition coefficient (Wildman–Crippen LogP) is 2.38. The number of hydrogen-bond donors (Lipinski definition) is 1. The third-order valence-corrected chi connectivity index (χ3v) is 4.68. The molecule has 3 rings (SSSR count). The Balaban J connectivity index is 2.14. The molecule has 0 radical (unpaired) electrons. The first-order valence-electron chi connectivity index (χ1n) is 6.85. The van der Waals surface area contributed by atoms with Crippen molar-refractivity contribution in [3.63, 3.8) is 0 Å². The van der Waals surface area contributed by atoms with Crippen molar-refractivity contribution in [3.8, 4) is 0 Å². The Morgan fingerprint density at radius 2 is 2.00 bits per heavy atom. The summed E-state index contributed by atoms with van der Waals surface area (Å²) in [6.07, 6.45) is 3.50. The summed E-state index contributed by atoms with van der Waals surface area (Å²) in [5.74, 6) is 0.200. The molecule has 114 valence electrons. The lowest BCUT2D eigenvalue weighted by Crippen LogP contribution is -2.35. The largest absolute Gasteiger partial charge is 0.618 e. The smallest absolute Gasteiger partial charge is 0.223 e. The summed E-state index contributed by atoms with van der Waals surface area (Å²) in [5.41, 5.74) is 10.2. The van der Waals surface area contributed by atoms with Gasteiger partial charge >= 0.3 is 0 Å². The second kappa shape index (κ2) is 5.24. The Labute approximate surface area is 136 Å². The molecule has 0 bridgehead atoms. The number of anilines is 1. The van der Waals surface area contributed by atoms with Gasteiger partial charge in [-0.05, 0) is 48.3 Å². The molecule has 22 heavy (non-hydrogen) atoms. The fourth-order valence-corrected chi connectivity index (χ4v) is 3.04. The second-order valence-corrected chi connectivity index (χ2v) is 6.14. The summed E-state index contributed by atoms with van der Waals surface area (Å²) in [4.78, 5) is 8.37. The first-order chi connectivity index (χ1) is 10.4. The summed E-state index contributed by atoms with van der Waals surface area (Å²) in [5, 5.41) is 13.1. The number of aromatic nitrogens is 4. The lowest BCUT2D eigenvalue weighted by Gasteiger charge is -2.13. The van der Waals surface area contributed by atoms with E-state index in [1.807, 2.05) is 37.6 Å². The van der Waals surface area contributed by atoms with Crippen LogP contribution in [0.15, 0.2) is 23.1 Å². The average molecular weight is 362 g/mol. The first-order valence-corrected chi connectivity index (χ1v) is 7.64. The van der Waals surface area contributed by atoms with Crippen LogP contribution >= 0.6 is 15.9 Å². The van der Waals surface area contributed by atoms with Gasteiger partial charge in [-0.2, -0.15) is 9.71 Å². The maximum absolute atomic E-state index is 12.2. The van der Waals surface area contributed by atoms with Crippen LogP contribution < -0.4 is 10.5 Å². The van der Waals surface area contributed by atoms with Crippen LogP contribution in [0.3, 0.4) is 0 Å². The molecule has 7 heteroatoms. The number of nitrogens with zero attached hydrogens (tertiary/aromatic N) is 4. The molecular formula is C15H16BrN5O. The first kappa shape index (κ1) is 14.8. The third kappa shape index (κ3) is 2.31. The number of fused-ring (bicyclic) bond motifs is 1. The van der Waals surface area contributed by atoms with Gasteiger partial charge < -0.3 is 15.5 Å². The van der Waals surface area contributed by atoms with E-state index >= 15 is 0 Å². The third-order valence-electron chi connectivity index (χ3n) is 4.07. The molecule has 0 fully saturated rings. The Morgan fingerprint density at radius 3 is 2.73 bits per heavy atom. The van der Waals surface area contributed by atoms with Crippen molar-refractivity contribution in [2.24, 2.45) is 0 Å². The molecule has 0 saturated heterocycles. The molecular weight excluding hydrogens is 346 g/mol. The van der Waals surface area contributed by atoms with Gasteiger partial charge in [0.1, 0.15) is 16.8 Å². The highest BCUT2D eigenvalue weighted by Crippen LogP contribution is 2.24. The van der Waals surface area contributed by atoms with E-state index in [2.05, 4.69) is 25.9 Å². The minimum absolute atomic E-state index is 0.200. The standard InChI is InChI=1S/C15H16BrN5O/c1-8-6-21(22)12(10(3)9(8)2)7-20-5-4-11-13(16)18-15(17)19-14(11)20/h4-6H,7H2,1-3H3,(H2,17,18,19). The quantitative estimate of drug-likeness (QED) is 0.431. The number of rotatable bonds is 2. The van der Waals surface area contributed by atoms with Crippen LogP contribution in [0.5, 0.6) is 0 Å². The van der Waals surface area contributed by atoms with Crippen molar-refractivity contribution < 1.29 is 4.73 Å². The van der Waals surface area contributed by atoms with Gasteiger partial charge in [0.2, 0.25) is 11.6 Å². The summed E-state index contributed by atoms with van der Waals surface area (Å²) >= 11 is 3.39. The number of aryl methyl sites for hydroxylation is 1. The van der Waals surface area contributed by atoms with E-state index < -0.39 is 0 Å². The van der Waals surface area contributed by atoms with Gasteiger partial charge in [0.15, 0.2) is 6.20 Å². The maximum Gasteiger partial charge on any atom is 0.223 e. The lowest BCUT2D eigenvalue weighted by atomic mass is 10.0. The zero-order valence-corrected chi connectivity index (χ0v) is 14.2. The highest BCUT2D eigenvalue weighted by molar-refractivity contribution is 9.10. The number of nitrogens with two attached hydrogens (primary N) is 1. The molecule has 3 aromatic rings. The summed E-state index contributed by atoms with van der Waals surface area (Å²) in [6.45, 7) is 6.37. The Kier molecular flexibility index (Phi) is 3.52. The van der Waals surface area contributed by atoms with Crippen LogP contribution in [0.1, 0.15) is 22.4 Å². The van der Waals surface area contributed by atoms with Gasteiger partial charge in [-0.3, -0.25) is 0 Å². The molecule has 0 atom stereocenters. The topological polar surface area (TPSA) is 83.7 Å². The van der Waals surface area contributed by atoms with Crippen LogP contribution in [0.25, 0.3) is 11.0 Å². The SMILES string of the molecule is Cc1c[n+]([O-])c(Cn2ccc3c(Br)nc(N)nc32)c(C)c1C. The van der Waals surface area contributed by atoms with E-state index in [1.54, 1.807) is 6.20 Å². The highest BCUT2D eigenvalue weighted by Gasteiger charge is 2.17. The van der Waals surface area contributed by atoms with E-state index in [-0.39, 0.29) is 5.95 Å². The number of nitrogen functional groups attached to an aromatic ring is 1. The molecule has 0 aliphatic rings. The van der Waals surface area contributed by atoms with Gasteiger partial charge in [-0.1, -0.05) is 0 Å². The zero-order valence-electron chi connectivity index (χ0n) is 12.6. The molecule has 0 aromatic carbocycles. The van der Waals surface area contributed by atoms with Gasteiger partial charge in [0.25, 0.3) is 0 Å². The maximum atomic E-state index is 12.2. The van der Waals surface area contributed by atoms with Crippen molar-refractivity contribution in [1.29, 1.82) is 0 Å². The van der Waals surface area contributed by atoms with E-state index in [0.717, 1.165) is 26.8 Å².